The Kier molecular flexibility index (Phi) is 6.18. The van der Waals surface area contributed by atoms with Gasteiger partial charge in [0.25, 0.3) is 11.9 Å². The second-order valence-corrected chi connectivity index (χ2v) is 6.84. The maximum atomic E-state index is 12.3. The Labute approximate surface area is 184 Å². The minimum Gasteiger partial charge on any atom is -0.496 e. The number of carbonyl (C=O) groups excluding carboxylic acids is 1. The molecule has 0 aliphatic carbocycles. The van der Waals surface area contributed by atoms with Gasteiger partial charge in [0.2, 0.25) is 0 Å². The van der Waals surface area contributed by atoms with Crippen LogP contribution in [0.2, 0.25) is 0 Å². The lowest BCUT2D eigenvalue weighted by atomic mass is 10.1. The van der Waals surface area contributed by atoms with Crippen molar-refractivity contribution in [1.29, 1.82) is 0 Å². The molecule has 9 nitrogen and oxygen atoms in total. The number of aromatic nitrogens is 2. The number of anilines is 3. The fourth-order valence-corrected chi connectivity index (χ4v) is 3.23. The summed E-state index contributed by atoms with van der Waals surface area (Å²) in [5.74, 6) is 1.57. The van der Waals surface area contributed by atoms with E-state index in [1.165, 1.54) is 18.4 Å². The number of rotatable bonds is 8. The minimum absolute atomic E-state index is 0.0139. The lowest BCUT2D eigenvalue weighted by Crippen LogP contribution is -2.30. The van der Waals surface area contributed by atoms with Crippen LogP contribution in [0.4, 0.5) is 17.4 Å². The van der Waals surface area contributed by atoms with Crippen LogP contribution in [0.1, 0.15) is 0 Å². The van der Waals surface area contributed by atoms with E-state index in [0.717, 1.165) is 16.8 Å². The molecule has 0 unspecified atom stereocenters. The molecular formula is C23H22N4O5. The molecule has 0 atom stereocenters. The fraction of sp³-hybridized carbons (Fsp3) is 0.174. The van der Waals surface area contributed by atoms with E-state index in [2.05, 4.69) is 15.3 Å². The summed E-state index contributed by atoms with van der Waals surface area (Å²) < 4.78 is 21.7. The number of amides is 1. The Bertz CT molecular complexity index is 1200. The average Bonchev–Trinajstić information content (AvgIpc) is 3.51. The molecule has 0 spiro atoms. The summed E-state index contributed by atoms with van der Waals surface area (Å²) in [5.41, 5.74) is 2.93. The number of ether oxygens (including phenoxy) is 2. The summed E-state index contributed by atoms with van der Waals surface area (Å²) in [5, 5.41) is 3.13. The van der Waals surface area contributed by atoms with Crippen molar-refractivity contribution in [3.63, 3.8) is 0 Å². The van der Waals surface area contributed by atoms with E-state index in [0.29, 0.717) is 29.0 Å². The first-order chi connectivity index (χ1) is 15.6. The zero-order chi connectivity index (χ0) is 22.5. The molecule has 2 aromatic carbocycles. The normalized spacial score (nSPS) is 10.7. The van der Waals surface area contributed by atoms with E-state index in [-0.39, 0.29) is 12.5 Å². The fourth-order valence-electron chi connectivity index (χ4n) is 3.23. The highest BCUT2D eigenvalue weighted by Crippen LogP contribution is 2.35. The van der Waals surface area contributed by atoms with Gasteiger partial charge in [0.05, 0.1) is 30.8 Å². The molecular weight excluding hydrogens is 412 g/mol. The minimum atomic E-state index is -0.170. The summed E-state index contributed by atoms with van der Waals surface area (Å²) in [6, 6.07) is 13.3. The topological polar surface area (TPSA) is 103 Å². The van der Waals surface area contributed by atoms with Gasteiger partial charge in [-0.15, -0.1) is 0 Å². The zero-order valence-electron chi connectivity index (χ0n) is 17.9. The molecule has 1 N–H and O–H groups in total. The van der Waals surface area contributed by atoms with Crippen molar-refractivity contribution in [2.45, 2.75) is 0 Å². The van der Waals surface area contributed by atoms with Crippen LogP contribution in [-0.4, -0.2) is 43.7 Å². The van der Waals surface area contributed by atoms with Crippen molar-refractivity contribution in [3.05, 3.63) is 61.3 Å². The maximum Gasteiger partial charge on any atom is 0.299 e. The van der Waals surface area contributed by atoms with Crippen LogP contribution in [0.3, 0.4) is 0 Å². The highest BCUT2D eigenvalue weighted by molar-refractivity contribution is 5.97. The van der Waals surface area contributed by atoms with Crippen molar-refractivity contribution < 1.29 is 23.1 Å². The van der Waals surface area contributed by atoms with Gasteiger partial charge in [-0.2, -0.15) is 0 Å². The lowest BCUT2D eigenvalue weighted by Gasteiger charge is -2.19. The molecule has 0 bridgehead atoms. The predicted octanol–water partition coefficient (Wildman–Crippen LogP) is 4.36. The second kappa shape index (κ2) is 9.36. The number of carbonyl (C=O) groups is 1. The molecule has 0 aliphatic rings. The second-order valence-electron chi connectivity index (χ2n) is 6.84. The highest BCUT2D eigenvalue weighted by Gasteiger charge is 2.18. The van der Waals surface area contributed by atoms with E-state index >= 15 is 0 Å². The van der Waals surface area contributed by atoms with Gasteiger partial charge in [-0.1, -0.05) is 12.1 Å². The highest BCUT2D eigenvalue weighted by atomic mass is 16.5. The molecule has 32 heavy (non-hydrogen) atoms. The van der Waals surface area contributed by atoms with Crippen molar-refractivity contribution in [2.75, 3.05) is 38.1 Å². The summed E-state index contributed by atoms with van der Waals surface area (Å²) in [6.07, 6.45) is 4.60. The molecule has 164 valence electrons. The molecule has 4 aromatic rings. The van der Waals surface area contributed by atoms with Crippen LogP contribution in [0.15, 0.2) is 70.1 Å². The van der Waals surface area contributed by atoms with Crippen LogP contribution < -0.4 is 15.0 Å². The predicted molar refractivity (Wildman–Crippen MR) is 119 cm³/mol. The molecule has 2 heterocycles. The van der Waals surface area contributed by atoms with Crippen LogP contribution in [0, 0.1) is 0 Å². The Morgan fingerprint density at radius 1 is 1.09 bits per heavy atom. The SMILES string of the molecule is COCC(=O)N(C)c1ccccc1-c1cnc(Nc2ccc(-c3cnco3)c(OC)c2)o1. The van der Waals surface area contributed by atoms with Gasteiger partial charge in [-0.05, 0) is 24.3 Å². The summed E-state index contributed by atoms with van der Waals surface area (Å²) in [7, 11) is 4.76. The molecule has 2 aromatic heterocycles. The molecule has 0 aliphatic heterocycles. The third-order valence-corrected chi connectivity index (χ3v) is 4.83. The van der Waals surface area contributed by atoms with Gasteiger partial charge in [0.1, 0.15) is 12.4 Å². The Balaban J connectivity index is 1.57. The molecule has 0 saturated heterocycles. The smallest absolute Gasteiger partial charge is 0.299 e. The summed E-state index contributed by atoms with van der Waals surface area (Å²) in [4.78, 5) is 22.1. The molecule has 0 radical (unpaired) electrons. The molecule has 4 rings (SSSR count). The number of oxazole rings is 2. The van der Waals surface area contributed by atoms with Crippen molar-refractivity contribution in [2.24, 2.45) is 0 Å². The number of hydrogen-bond donors (Lipinski definition) is 1. The first-order valence-electron chi connectivity index (χ1n) is 9.75. The van der Waals surface area contributed by atoms with Gasteiger partial charge in [-0.3, -0.25) is 4.79 Å². The van der Waals surface area contributed by atoms with E-state index in [1.807, 2.05) is 42.5 Å². The Hall–Kier alpha value is -4.11. The van der Waals surface area contributed by atoms with Gasteiger partial charge >= 0.3 is 0 Å². The number of likely N-dealkylation sites (N-methyl/N-ethyl adjacent to an activating group) is 1. The van der Waals surface area contributed by atoms with E-state index in [4.69, 9.17) is 18.3 Å². The third-order valence-electron chi connectivity index (χ3n) is 4.83. The van der Waals surface area contributed by atoms with Gasteiger partial charge in [-0.25, -0.2) is 9.97 Å². The van der Waals surface area contributed by atoms with Gasteiger partial charge < -0.3 is 28.5 Å². The molecule has 0 fully saturated rings. The quantitative estimate of drug-likeness (QED) is 0.436. The lowest BCUT2D eigenvalue weighted by molar-refractivity contribution is -0.121. The van der Waals surface area contributed by atoms with E-state index in [9.17, 15) is 4.79 Å². The number of methoxy groups -OCH3 is 2. The maximum absolute atomic E-state index is 12.3. The van der Waals surface area contributed by atoms with E-state index in [1.54, 1.807) is 26.6 Å². The average molecular weight is 434 g/mol. The number of para-hydroxylation sites is 1. The molecule has 9 heteroatoms. The van der Waals surface area contributed by atoms with Gasteiger partial charge in [0, 0.05) is 31.5 Å². The summed E-state index contributed by atoms with van der Waals surface area (Å²) >= 11 is 0. The monoisotopic (exact) mass is 434 g/mol. The first-order valence-corrected chi connectivity index (χ1v) is 9.75. The standard InChI is InChI=1S/C23H22N4O5/c1-27(22(28)13-29-2)18-7-5-4-6-16(18)21-12-25-23(32-21)26-15-8-9-17(19(10-15)30-3)20-11-24-14-31-20/h4-12,14H,13H2,1-3H3,(H,25,26). The van der Waals surface area contributed by atoms with Crippen LogP contribution >= 0.6 is 0 Å². The number of hydrogen-bond acceptors (Lipinski definition) is 8. The number of nitrogens with one attached hydrogen (secondary N) is 1. The third kappa shape index (κ3) is 4.33. The van der Waals surface area contributed by atoms with Crippen LogP contribution in [-0.2, 0) is 9.53 Å². The zero-order valence-corrected chi connectivity index (χ0v) is 17.9. The summed E-state index contributed by atoms with van der Waals surface area (Å²) in [6.45, 7) is -0.0139. The Morgan fingerprint density at radius 2 is 1.94 bits per heavy atom. The molecule has 1 amide bonds. The van der Waals surface area contributed by atoms with Crippen molar-refractivity contribution in [3.8, 4) is 28.4 Å². The molecule has 0 saturated carbocycles. The number of nitrogens with zero attached hydrogens (tertiary/aromatic N) is 3. The van der Waals surface area contributed by atoms with Gasteiger partial charge in [0.15, 0.2) is 17.9 Å². The van der Waals surface area contributed by atoms with E-state index < -0.39 is 0 Å². The van der Waals surface area contributed by atoms with Crippen LogP contribution in [0.5, 0.6) is 5.75 Å². The largest absolute Gasteiger partial charge is 0.496 e. The Morgan fingerprint density at radius 3 is 2.69 bits per heavy atom. The van der Waals surface area contributed by atoms with Crippen LogP contribution in [0.25, 0.3) is 22.6 Å². The number of benzene rings is 2. The first kappa shape index (κ1) is 21.1. The van der Waals surface area contributed by atoms with Crippen molar-refractivity contribution >= 4 is 23.3 Å². The van der Waals surface area contributed by atoms with Crippen molar-refractivity contribution in [1.82, 2.24) is 9.97 Å².